The highest BCUT2D eigenvalue weighted by atomic mass is 79.9. The lowest BCUT2D eigenvalue weighted by molar-refractivity contribution is 0.643. The average molecular weight is 276 g/mol. The first-order chi connectivity index (χ1) is 7.78. The van der Waals surface area contributed by atoms with Crippen LogP contribution in [0.5, 0.6) is 0 Å². The first-order valence-electron chi connectivity index (χ1n) is 5.69. The second-order valence-electron chi connectivity index (χ2n) is 4.53. The highest BCUT2D eigenvalue weighted by molar-refractivity contribution is 9.10. The second-order valence-corrected chi connectivity index (χ2v) is 5.45. The summed E-state index contributed by atoms with van der Waals surface area (Å²) in [6, 6.07) is 8.69. The van der Waals surface area contributed by atoms with E-state index in [1.54, 1.807) is 0 Å². The zero-order valence-electron chi connectivity index (χ0n) is 9.12. The number of hydrogen-bond donors (Lipinski definition) is 0. The molecule has 0 aliphatic heterocycles. The normalized spacial score (nSPS) is 15.6. The van der Waals surface area contributed by atoms with E-state index in [2.05, 4.69) is 51.3 Å². The summed E-state index contributed by atoms with van der Waals surface area (Å²) in [5, 5.41) is 1.30. The maximum absolute atomic E-state index is 3.90. The molecule has 1 saturated carbocycles. The van der Waals surface area contributed by atoms with Gasteiger partial charge in [-0.1, -0.05) is 22.5 Å². The molecule has 0 spiro atoms. The van der Waals surface area contributed by atoms with Crippen LogP contribution >= 0.6 is 15.9 Å². The van der Waals surface area contributed by atoms with Crippen LogP contribution in [0, 0.1) is 5.92 Å². The van der Waals surface area contributed by atoms with Gasteiger partial charge >= 0.3 is 0 Å². The number of nitrogens with zero attached hydrogens (tertiary/aromatic N) is 1. The number of halogens is 1. The van der Waals surface area contributed by atoms with Crippen LogP contribution in [0.1, 0.15) is 18.5 Å². The lowest BCUT2D eigenvalue weighted by Gasteiger charge is -2.07. The van der Waals surface area contributed by atoms with Crippen LogP contribution in [0.15, 0.2) is 35.3 Å². The molecule has 16 heavy (non-hydrogen) atoms. The average Bonchev–Trinajstić information content (AvgIpc) is 3.01. The third-order valence-corrected chi connectivity index (χ3v) is 3.74. The summed E-state index contributed by atoms with van der Waals surface area (Å²) in [5.74, 6) is 0.887. The Bertz CT molecular complexity index is 549. The fourth-order valence-corrected chi connectivity index (χ4v) is 2.57. The second kappa shape index (κ2) is 3.77. The van der Waals surface area contributed by atoms with E-state index >= 15 is 0 Å². The fourth-order valence-electron chi connectivity index (χ4n) is 2.19. The molecule has 0 unspecified atom stereocenters. The van der Waals surface area contributed by atoms with E-state index in [1.807, 2.05) is 6.08 Å². The van der Waals surface area contributed by atoms with Crippen LogP contribution < -0.4 is 0 Å². The molecule has 0 amide bonds. The van der Waals surface area contributed by atoms with Crippen molar-refractivity contribution in [1.29, 1.82) is 0 Å². The first-order valence-corrected chi connectivity index (χ1v) is 6.48. The predicted octanol–water partition coefficient (Wildman–Crippen LogP) is 4.46. The van der Waals surface area contributed by atoms with E-state index in [1.165, 1.54) is 29.4 Å². The van der Waals surface area contributed by atoms with Gasteiger partial charge in [-0.25, -0.2) is 0 Å². The molecule has 1 fully saturated rings. The van der Waals surface area contributed by atoms with E-state index in [-0.39, 0.29) is 0 Å². The molecule has 3 rings (SSSR count). The van der Waals surface area contributed by atoms with E-state index in [0.717, 1.165) is 16.9 Å². The molecule has 1 heterocycles. The number of hydrogen-bond acceptors (Lipinski definition) is 0. The SMILES string of the molecule is C=Cc1cc2cc(Br)ccc2n1CC1CC1. The van der Waals surface area contributed by atoms with Gasteiger partial charge in [-0.05, 0) is 49.1 Å². The summed E-state index contributed by atoms with van der Waals surface area (Å²) in [5.41, 5.74) is 2.56. The molecule has 2 aromatic rings. The van der Waals surface area contributed by atoms with Crippen LogP contribution in [0.4, 0.5) is 0 Å². The van der Waals surface area contributed by atoms with Crippen molar-refractivity contribution in [3.8, 4) is 0 Å². The smallest absolute Gasteiger partial charge is 0.0485 e. The number of benzene rings is 1. The molecule has 82 valence electrons. The largest absolute Gasteiger partial charge is 0.341 e. The lowest BCUT2D eigenvalue weighted by atomic mass is 10.2. The number of aromatic nitrogens is 1. The Labute approximate surface area is 104 Å². The van der Waals surface area contributed by atoms with E-state index in [9.17, 15) is 0 Å². The number of rotatable bonds is 3. The van der Waals surface area contributed by atoms with Crippen molar-refractivity contribution in [2.24, 2.45) is 5.92 Å². The minimum Gasteiger partial charge on any atom is -0.341 e. The van der Waals surface area contributed by atoms with Gasteiger partial charge in [-0.15, -0.1) is 0 Å². The van der Waals surface area contributed by atoms with Gasteiger partial charge in [0.15, 0.2) is 0 Å². The van der Waals surface area contributed by atoms with Crippen molar-refractivity contribution < 1.29 is 0 Å². The van der Waals surface area contributed by atoms with Gasteiger partial charge in [0, 0.05) is 27.6 Å². The number of fused-ring (bicyclic) bond motifs is 1. The van der Waals surface area contributed by atoms with E-state index in [0.29, 0.717) is 0 Å². The highest BCUT2D eigenvalue weighted by Crippen LogP contribution is 2.33. The third kappa shape index (κ3) is 1.71. The minimum atomic E-state index is 0.887. The Balaban J connectivity index is 2.17. The van der Waals surface area contributed by atoms with Crippen molar-refractivity contribution >= 4 is 32.9 Å². The van der Waals surface area contributed by atoms with Crippen molar-refractivity contribution in [1.82, 2.24) is 4.57 Å². The molecular weight excluding hydrogens is 262 g/mol. The molecule has 1 aliphatic rings. The van der Waals surface area contributed by atoms with Crippen LogP contribution in [-0.2, 0) is 6.54 Å². The molecule has 0 N–H and O–H groups in total. The molecule has 1 aromatic carbocycles. The molecule has 0 radical (unpaired) electrons. The lowest BCUT2D eigenvalue weighted by Crippen LogP contribution is -2.01. The topological polar surface area (TPSA) is 4.93 Å². The Morgan fingerprint density at radius 2 is 2.19 bits per heavy atom. The standard InChI is InChI=1S/C14H14BrN/c1-2-13-8-11-7-12(15)5-6-14(11)16(13)9-10-3-4-10/h2,5-8,10H,1,3-4,9H2. The van der Waals surface area contributed by atoms with Gasteiger partial charge in [0.2, 0.25) is 0 Å². The van der Waals surface area contributed by atoms with Crippen LogP contribution in [0.3, 0.4) is 0 Å². The minimum absolute atomic E-state index is 0.887. The summed E-state index contributed by atoms with van der Waals surface area (Å²) >= 11 is 3.52. The maximum Gasteiger partial charge on any atom is 0.0485 e. The van der Waals surface area contributed by atoms with E-state index < -0.39 is 0 Å². The molecule has 0 bridgehead atoms. The summed E-state index contributed by atoms with van der Waals surface area (Å²) in [7, 11) is 0. The quantitative estimate of drug-likeness (QED) is 0.780. The fraction of sp³-hybridized carbons (Fsp3) is 0.286. The van der Waals surface area contributed by atoms with E-state index in [4.69, 9.17) is 0 Å². The molecule has 0 atom stereocenters. The van der Waals surface area contributed by atoms with Crippen molar-refractivity contribution in [3.05, 3.63) is 41.0 Å². The predicted molar refractivity (Wildman–Crippen MR) is 72.5 cm³/mol. The van der Waals surface area contributed by atoms with Crippen LogP contribution in [0.25, 0.3) is 17.0 Å². The molecular formula is C14H14BrN. The van der Waals surface area contributed by atoms with Crippen LogP contribution in [-0.4, -0.2) is 4.57 Å². The van der Waals surface area contributed by atoms with Gasteiger partial charge < -0.3 is 4.57 Å². The zero-order valence-corrected chi connectivity index (χ0v) is 10.7. The molecule has 0 saturated heterocycles. The van der Waals surface area contributed by atoms with Gasteiger partial charge in [0.25, 0.3) is 0 Å². The maximum atomic E-state index is 3.90. The van der Waals surface area contributed by atoms with Gasteiger partial charge in [0.05, 0.1) is 0 Å². The highest BCUT2D eigenvalue weighted by Gasteiger charge is 2.23. The Hall–Kier alpha value is -1.02. The summed E-state index contributed by atoms with van der Waals surface area (Å²) in [6.45, 7) is 5.05. The van der Waals surface area contributed by atoms with Gasteiger partial charge in [0.1, 0.15) is 0 Å². The molecule has 2 heteroatoms. The summed E-state index contributed by atoms with van der Waals surface area (Å²) in [4.78, 5) is 0. The monoisotopic (exact) mass is 275 g/mol. The Kier molecular flexibility index (Phi) is 2.40. The molecule has 1 aromatic heterocycles. The molecule has 1 nitrogen and oxygen atoms in total. The Morgan fingerprint density at radius 1 is 1.38 bits per heavy atom. The van der Waals surface area contributed by atoms with Crippen molar-refractivity contribution in [2.75, 3.05) is 0 Å². The van der Waals surface area contributed by atoms with Crippen molar-refractivity contribution in [2.45, 2.75) is 19.4 Å². The first kappa shape index (κ1) is 10.2. The van der Waals surface area contributed by atoms with Crippen LogP contribution in [0.2, 0.25) is 0 Å². The van der Waals surface area contributed by atoms with Crippen molar-refractivity contribution in [3.63, 3.8) is 0 Å². The summed E-state index contributed by atoms with van der Waals surface area (Å²) < 4.78 is 3.53. The zero-order chi connectivity index (χ0) is 11.1. The Morgan fingerprint density at radius 3 is 2.88 bits per heavy atom. The van der Waals surface area contributed by atoms with Gasteiger partial charge in [-0.3, -0.25) is 0 Å². The summed E-state index contributed by atoms with van der Waals surface area (Å²) in [6.07, 6.45) is 4.72. The third-order valence-electron chi connectivity index (χ3n) is 3.24. The molecule has 1 aliphatic carbocycles. The van der Waals surface area contributed by atoms with Gasteiger partial charge in [-0.2, -0.15) is 0 Å².